The molecule has 0 unspecified atom stereocenters. The summed E-state index contributed by atoms with van der Waals surface area (Å²) in [5, 5.41) is 0. The molecule has 0 aliphatic heterocycles. The van der Waals surface area contributed by atoms with Gasteiger partial charge in [-0.05, 0) is 30.2 Å². The molecule has 1 heterocycles. The van der Waals surface area contributed by atoms with Crippen molar-refractivity contribution in [1.29, 1.82) is 0 Å². The Balaban J connectivity index is 2.15. The van der Waals surface area contributed by atoms with Crippen LogP contribution in [0.5, 0.6) is 11.5 Å². The van der Waals surface area contributed by atoms with Crippen molar-refractivity contribution in [2.24, 2.45) is 12.8 Å². The van der Waals surface area contributed by atoms with Crippen LogP contribution in [0.4, 0.5) is 0 Å². The smallest absolute Gasteiger partial charge is 0.265 e. The summed E-state index contributed by atoms with van der Waals surface area (Å²) in [5.41, 5.74) is 6.29. The maximum absolute atomic E-state index is 12.7. The van der Waals surface area contributed by atoms with Crippen LogP contribution in [0.2, 0.25) is 0 Å². The molecule has 2 N–H and O–H groups in total. The third-order valence-electron chi connectivity index (χ3n) is 4.10. The van der Waals surface area contributed by atoms with Gasteiger partial charge in [0, 0.05) is 26.8 Å². The van der Waals surface area contributed by atoms with Gasteiger partial charge in [0.2, 0.25) is 10.0 Å². The normalized spacial score (nSPS) is 11.6. The molecule has 9 heteroatoms. The number of carbonyl (C=O) groups is 1. The van der Waals surface area contributed by atoms with Crippen LogP contribution >= 0.6 is 0 Å². The maximum atomic E-state index is 12.7. The molecule has 1 aromatic heterocycles. The third kappa shape index (κ3) is 4.00. The van der Waals surface area contributed by atoms with E-state index < -0.39 is 15.9 Å². The van der Waals surface area contributed by atoms with E-state index in [0.717, 1.165) is 5.56 Å². The first-order valence-corrected chi connectivity index (χ1v) is 9.28. The van der Waals surface area contributed by atoms with Crippen molar-refractivity contribution in [3.63, 3.8) is 0 Å². The van der Waals surface area contributed by atoms with E-state index >= 15 is 0 Å². The maximum Gasteiger partial charge on any atom is 0.265 e. The van der Waals surface area contributed by atoms with E-state index in [9.17, 15) is 13.2 Å². The largest absolute Gasteiger partial charge is 0.493 e. The van der Waals surface area contributed by atoms with Gasteiger partial charge in [-0.25, -0.2) is 12.7 Å². The summed E-state index contributed by atoms with van der Waals surface area (Å²) >= 11 is 0. The number of primary amides is 1. The topological polar surface area (TPSA) is 104 Å². The molecule has 2 rings (SSSR count). The van der Waals surface area contributed by atoms with E-state index in [1.807, 2.05) is 12.1 Å². The van der Waals surface area contributed by atoms with Crippen LogP contribution in [-0.2, 0) is 23.5 Å². The Kier molecular flexibility index (Phi) is 5.94. The molecular formula is C17H23N3O5S. The van der Waals surface area contributed by atoms with Crippen molar-refractivity contribution >= 4 is 15.9 Å². The van der Waals surface area contributed by atoms with E-state index in [4.69, 9.17) is 15.2 Å². The van der Waals surface area contributed by atoms with Crippen LogP contribution in [0.3, 0.4) is 0 Å². The first-order chi connectivity index (χ1) is 12.2. The highest BCUT2D eigenvalue weighted by atomic mass is 32.2. The average Bonchev–Trinajstić information content (AvgIpc) is 3.02. The number of hydrogen-bond donors (Lipinski definition) is 1. The molecule has 0 bridgehead atoms. The molecule has 8 nitrogen and oxygen atoms in total. The summed E-state index contributed by atoms with van der Waals surface area (Å²) in [4.78, 5) is 11.4. The third-order valence-corrected chi connectivity index (χ3v) is 5.93. The number of benzene rings is 1. The van der Waals surface area contributed by atoms with Gasteiger partial charge in [-0.2, -0.15) is 0 Å². The van der Waals surface area contributed by atoms with Gasteiger partial charge in [-0.3, -0.25) is 4.79 Å². The fraction of sp³-hybridized carbons (Fsp3) is 0.353. The second-order valence-electron chi connectivity index (χ2n) is 5.80. The molecule has 1 aromatic carbocycles. The molecule has 1 amide bonds. The average molecular weight is 381 g/mol. The van der Waals surface area contributed by atoms with E-state index in [2.05, 4.69) is 0 Å². The minimum absolute atomic E-state index is 0.0311. The number of nitrogens with zero attached hydrogens (tertiary/aromatic N) is 2. The summed E-state index contributed by atoms with van der Waals surface area (Å²) in [5.74, 6) is 0.520. The van der Waals surface area contributed by atoms with E-state index in [1.54, 1.807) is 27.3 Å². The van der Waals surface area contributed by atoms with Crippen LogP contribution in [0.25, 0.3) is 0 Å². The van der Waals surface area contributed by atoms with Crippen LogP contribution in [0, 0.1) is 0 Å². The van der Waals surface area contributed by atoms with Gasteiger partial charge in [-0.1, -0.05) is 6.07 Å². The minimum Gasteiger partial charge on any atom is -0.493 e. The quantitative estimate of drug-likeness (QED) is 0.735. The molecule has 0 aliphatic carbocycles. The zero-order valence-electron chi connectivity index (χ0n) is 15.2. The van der Waals surface area contributed by atoms with Crippen molar-refractivity contribution < 1.29 is 22.7 Å². The second kappa shape index (κ2) is 7.79. The lowest BCUT2D eigenvalue weighted by atomic mass is 10.1. The lowest BCUT2D eigenvalue weighted by molar-refractivity contribution is 0.0992. The number of amides is 1. The molecule has 0 atom stereocenters. The predicted octanol–water partition coefficient (Wildman–Crippen LogP) is 1.00. The number of aromatic nitrogens is 1. The first-order valence-electron chi connectivity index (χ1n) is 7.84. The molecule has 2 aromatic rings. The molecule has 0 saturated carbocycles. The Hall–Kier alpha value is -2.52. The summed E-state index contributed by atoms with van der Waals surface area (Å²) in [6, 6.07) is 6.73. The highest BCUT2D eigenvalue weighted by molar-refractivity contribution is 7.89. The molecule has 0 spiro atoms. The molecule has 0 radical (unpaired) electrons. The minimum atomic E-state index is -3.72. The first kappa shape index (κ1) is 19.8. The van der Waals surface area contributed by atoms with Crippen molar-refractivity contribution in [2.75, 3.05) is 27.8 Å². The molecule has 0 saturated heterocycles. The Bertz CT molecular complexity index is 905. The van der Waals surface area contributed by atoms with Gasteiger partial charge in [0.05, 0.1) is 14.2 Å². The molecule has 0 aliphatic rings. The number of ether oxygens (including phenoxy) is 2. The SMILES string of the molecule is COc1ccc(CCN(C)S(=O)(=O)c2cc(C(N)=O)n(C)c2)cc1OC. The van der Waals surface area contributed by atoms with E-state index in [0.29, 0.717) is 17.9 Å². The number of carbonyl (C=O) groups excluding carboxylic acids is 1. The van der Waals surface area contributed by atoms with Gasteiger partial charge in [0.15, 0.2) is 11.5 Å². The lowest BCUT2D eigenvalue weighted by Crippen LogP contribution is -2.28. The summed E-state index contributed by atoms with van der Waals surface area (Å²) < 4.78 is 38.4. The van der Waals surface area contributed by atoms with Crippen molar-refractivity contribution in [1.82, 2.24) is 8.87 Å². The highest BCUT2D eigenvalue weighted by Gasteiger charge is 2.24. The van der Waals surface area contributed by atoms with Gasteiger partial charge in [0.1, 0.15) is 10.6 Å². The van der Waals surface area contributed by atoms with Gasteiger partial charge >= 0.3 is 0 Å². The standard InChI is InChI=1S/C17H23N3O5S/c1-19-11-13(10-14(19)17(18)21)26(22,23)20(2)8-7-12-5-6-15(24-3)16(9-12)25-4/h5-6,9-11H,7-8H2,1-4H3,(H2,18,21). The van der Waals surface area contributed by atoms with E-state index in [1.165, 1.54) is 28.2 Å². The molecule has 26 heavy (non-hydrogen) atoms. The Labute approximate surface area is 153 Å². The Morgan fingerprint density at radius 1 is 1.19 bits per heavy atom. The number of hydrogen-bond acceptors (Lipinski definition) is 5. The monoisotopic (exact) mass is 381 g/mol. The second-order valence-corrected chi connectivity index (χ2v) is 7.85. The van der Waals surface area contributed by atoms with Crippen molar-refractivity contribution in [3.05, 3.63) is 41.7 Å². The highest BCUT2D eigenvalue weighted by Crippen LogP contribution is 2.28. The zero-order chi connectivity index (χ0) is 19.5. The zero-order valence-corrected chi connectivity index (χ0v) is 16.0. The number of sulfonamides is 1. The summed E-state index contributed by atoms with van der Waals surface area (Å²) in [7, 11) is 2.44. The number of rotatable bonds is 8. The fourth-order valence-electron chi connectivity index (χ4n) is 2.54. The van der Waals surface area contributed by atoms with Crippen LogP contribution in [0.15, 0.2) is 35.4 Å². The number of nitrogens with two attached hydrogens (primary N) is 1. The number of aryl methyl sites for hydroxylation is 1. The lowest BCUT2D eigenvalue weighted by Gasteiger charge is -2.17. The Morgan fingerprint density at radius 2 is 1.85 bits per heavy atom. The molecule has 142 valence electrons. The van der Waals surface area contributed by atoms with Gasteiger partial charge in [-0.15, -0.1) is 0 Å². The molecule has 0 fully saturated rings. The summed E-state index contributed by atoms with van der Waals surface area (Å²) in [6.07, 6.45) is 1.87. The van der Waals surface area contributed by atoms with E-state index in [-0.39, 0.29) is 17.1 Å². The van der Waals surface area contributed by atoms with Gasteiger partial charge < -0.3 is 19.8 Å². The fourth-order valence-corrected chi connectivity index (χ4v) is 3.79. The molecular weight excluding hydrogens is 358 g/mol. The van der Waals surface area contributed by atoms with Crippen LogP contribution in [0.1, 0.15) is 16.1 Å². The Morgan fingerprint density at radius 3 is 2.38 bits per heavy atom. The van der Waals surface area contributed by atoms with Gasteiger partial charge in [0.25, 0.3) is 5.91 Å². The number of likely N-dealkylation sites (N-methyl/N-ethyl adjacent to an activating group) is 1. The van der Waals surface area contributed by atoms with Crippen molar-refractivity contribution in [3.8, 4) is 11.5 Å². The van der Waals surface area contributed by atoms with Crippen LogP contribution in [-0.4, -0.2) is 51.0 Å². The van der Waals surface area contributed by atoms with Crippen molar-refractivity contribution in [2.45, 2.75) is 11.3 Å². The van der Waals surface area contributed by atoms with Crippen LogP contribution < -0.4 is 15.2 Å². The predicted molar refractivity (Wildman–Crippen MR) is 97.0 cm³/mol. The number of methoxy groups -OCH3 is 2. The summed E-state index contributed by atoms with van der Waals surface area (Å²) in [6.45, 7) is 0.263.